The Bertz CT molecular complexity index is 268. The van der Waals surface area contributed by atoms with Crippen LogP contribution in [0.4, 0.5) is 0 Å². The van der Waals surface area contributed by atoms with E-state index in [1.807, 2.05) is 17.2 Å². The molecule has 0 aromatic rings. The zero-order valence-electron chi connectivity index (χ0n) is 9.08. The van der Waals surface area contributed by atoms with E-state index in [4.69, 9.17) is 5.84 Å². The van der Waals surface area contributed by atoms with Crippen molar-refractivity contribution in [1.82, 2.24) is 10.3 Å². The smallest absolute Gasteiger partial charge is 0.323 e. The molecule has 0 radical (unpaired) electrons. The van der Waals surface area contributed by atoms with Crippen LogP contribution in [0, 0.1) is 0 Å². The fourth-order valence-electron chi connectivity index (χ4n) is 1.43. The second kappa shape index (κ2) is 4.85. The third-order valence-corrected chi connectivity index (χ3v) is 3.82. The van der Waals surface area contributed by atoms with E-state index in [0.717, 1.165) is 12.2 Å². The van der Waals surface area contributed by atoms with E-state index >= 15 is 0 Å². The van der Waals surface area contributed by atoms with Crippen molar-refractivity contribution >= 4 is 23.6 Å². The van der Waals surface area contributed by atoms with Gasteiger partial charge in [-0.25, -0.2) is 5.84 Å². The lowest BCUT2D eigenvalue weighted by Crippen LogP contribution is -2.46. The summed E-state index contributed by atoms with van der Waals surface area (Å²) in [5, 5.41) is 0. The Hall–Kier alpha value is -0.750. The summed E-state index contributed by atoms with van der Waals surface area (Å²) in [6.45, 7) is 5.52. The van der Waals surface area contributed by atoms with Crippen LogP contribution in [0.15, 0.2) is 0 Å². The summed E-state index contributed by atoms with van der Waals surface area (Å²) in [5.41, 5.74) is 1.87. The van der Waals surface area contributed by atoms with Crippen LogP contribution in [0.3, 0.4) is 0 Å². The van der Waals surface area contributed by atoms with Gasteiger partial charge in [-0.15, -0.1) is 0 Å². The first kappa shape index (κ1) is 12.3. The van der Waals surface area contributed by atoms with Gasteiger partial charge in [0.1, 0.15) is 0 Å². The third kappa shape index (κ3) is 3.39. The van der Waals surface area contributed by atoms with Crippen molar-refractivity contribution < 1.29 is 9.59 Å². The molecular formula is C9H17N3O2S. The molecule has 0 aliphatic carbocycles. The lowest BCUT2D eigenvalue weighted by atomic mass is 10.1. The van der Waals surface area contributed by atoms with Crippen molar-refractivity contribution in [3.8, 4) is 0 Å². The van der Waals surface area contributed by atoms with Crippen LogP contribution in [0.2, 0.25) is 0 Å². The van der Waals surface area contributed by atoms with Gasteiger partial charge in [-0.05, 0) is 6.42 Å². The quantitative estimate of drug-likeness (QED) is 0.260. The van der Waals surface area contributed by atoms with Crippen molar-refractivity contribution in [2.24, 2.45) is 5.84 Å². The highest BCUT2D eigenvalue weighted by Crippen LogP contribution is 2.30. The highest BCUT2D eigenvalue weighted by atomic mass is 32.2. The van der Waals surface area contributed by atoms with Gasteiger partial charge in [-0.1, -0.05) is 13.8 Å². The van der Waals surface area contributed by atoms with Crippen LogP contribution in [0.25, 0.3) is 0 Å². The molecule has 1 saturated heterocycles. The summed E-state index contributed by atoms with van der Waals surface area (Å²) in [5.74, 6) is 4.51. The normalized spacial score (nSPS) is 20.6. The molecule has 1 fully saturated rings. The minimum atomic E-state index is -0.736. The molecule has 0 aromatic carbocycles. The van der Waals surface area contributed by atoms with E-state index in [1.54, 1.807) is 4.90 Å². The van der Waals surface area contributed by atoms with E-state index in [2.05, 4.69) is 13.8 Å². The van der Waals surface area contributed by atoms with Crippen molar-refractivity contribution in [3.63, 3.8) is 0 Å². The maximum Gasteiger partial charge on any atom is 0.323 e. The summed E-state index contributed by atoms with van der Waals surface area (Å²) < 4.78 is 0.175. The van der Waals surface area contributed by atoms with Crippen LogP contribution in [0.5, 0.6) is 0 Å². The average Bonchev–Trinajstić information content (AvgIpc) is 2.37. The van der Waals surface area contributed by atoms with Crippen LogP contribution < -0.4 is 11.3 Å². The van der Waals surface area contributed by atoms with Crippen LogP contribution in [-0.2, 0) is 9.59 Å². The number of nitrogens with one attached hydrogen (secondary N) is 1. The van der Waals surface area contributed by atoms with Gasteiger partial charge < -0.3 is 4.90 Å². The van der Waals surface area contributed by atoms with E-state index < -0.39 is 11.8 Å². The fraction of sp³-hybridized carbons (Fsp3) is 0.778. The van der Waals surface area contributed by atoms with Crippen molar-refractivity contribution in [2.75, 3.05) is 18.8 Å². The number of nitrogens with zero attached hydrogens (tertiary/aromatic N) is 1. The van der Waals surface area contributed by atoms with Gasteiger partial charge in [-0.3, -0.25) is 15.0 Å². The fourth-order valence-corrected chi connectivity index (χ4v) is 2.53. The first-order valence-electron chi connectivity index (χ1n) is 4.90. The van der Waals surface area contributed by atoms with Gasteiger partial charge in [0.2, 0.25) is 0 Å². The summed E-state index contributed by atoms with van der Waals surface area (Å²) in [6, 6.07) is 0. The molecule has 0 bridgehead atoms. The molecule has 1 rings (SSSR count). The lowest BCUT2D eigenvalue weighted by Gasteiger charge is -2.22. The minimum Gasteiger partial charge on any atom is -0.334 e. The molecule has 1 heterocycles. The SMILES string of the molecule is CC1(C)CCN(C(=O)C(=O)NN)CCS1. The molecule has 1 aliphatic heterocycles. The van der Waals surface area contributed by atoms with E-state index in [1.165, 1.54) is 0 Å². The Balaban J connectivity index is 2.58. The molecule has 5 nitrogen and oxygen atoms in total. The molecule has 0 spiro atoms. The predicted octanol–water partition coefficient (Wildman–Crippen LogP) is -0.280. The summed E-state index contributed by atoms with van der Waals surface area (Å²) in [6.07, 6.45) is 0.890. The van der Waals surface area contributed by atoms with Crippen molar-refractivity contribution in [1.29, 1.82) is 0 Å². The number of nitrogens with two attached hydrogens (primary N) is 1. The Morgan fingerprint density at radius 2 is 2.07 bits per heavy atom. The number of rotatable bonds is 0. The molecule has 15 heavy (non-hydrogen) atoms. The van der Waals surface area contributed by atoms with Crippen LogP contribution in [0.1, 0.15) is 20.3 Å². The molecule has 2 amide bonds. The molecule has 0 atom stereocenters. The van der Waals surface area contributed by atoms with Crippen LogP contribution >= 0.6 is 11.8 Å². The predicted molar refractivity (Wildman–Crippen MR) is 60.1 cm³/mol. The summed E-state index contributed by atoms with van der Waals surface area (Å²) in [7, 11) is 0. The summed E-state index contributed by atoms with van der Waals surface area (Å²) in [4.78, 5) is 24.1. The lowest BCUT2D eigenvalue weighted by molar-refractivity contribution is -0.145. The summed E-state index contributed by atoms with van der Waals surface area (Å²) >= 11 is 1.82. The van der Waals surface area contributed by atoms with Crippen LogP contribution in [-0.4, -0.2) is 40.3 Å². The number of amides is 2. The van der Waals surface area contributed by atoms with E-state index in [9.17, 15) is 9.59 Å². The highest BCUT2D eigenvalue weighted by Gasteiger charge is 2.28. The largest absolute Gasteiger partial charge is 0.334 e. The van der Waals surface area contributed by atoms with Gasteiger partial charge in [-0.2, -0.15) is 11.8 Å². The standard InChI is InChI=1S/C9H17N3O2S/c1-9(2)3-4-12(5-6-15-9)8(14)7(13)11-10/h3-6,10H2,1-2H3,(H,11,13). The Kier molecular flexibility index (Phi) is 3.98. The average molecular weight is 231 g/mol. The van der Waals surface area contributed by atoms with Gasteiger partial charge in [0.05, 0.1) is 0 Å². The number of hydrogen-bond donors (Lipinski definition) is 2. The van der Waals surface area contributed by atoms with E-state index in [0.29, 0.717) is 13.1 Å². The third-order valence-electron chi connectivity index (χ3n) is 2.45. The molecule has 0 unspecified atom stereocenters. The Labute approximate surface area is 93.7 Å². The zero-order valence-corrected chi connectivity index (χ0v) is 9.89. The Morgan fingerprint density at radius 3 is 2.67 bits per heavy atom. The van der Waals surface area contributed by atoms with Gasteiger partial charge in [0.15, 0.2) is 0 Å². The van der Waals surface area contributed by atoms with Crippen molar-refractivity contribution in [3.05, 3.63) is 0 Å². The molecule has 86 valence electrons. The molecule has 0 saturated carbocycles. The molecule has 6 heteroatoms. The topological polar surface area (TPSA) is 75.4 Å². The van der Waals surface area contributed by atoms with Crippen molar-refractivity contribution in [2.45, 2.75) is 25.0 Å². The van der Waals surface area contributed by atoms with E-state index in [-0.39, 0.29) is 4.75 Å². The number of carbonyl (C=O) groups excluding carboxylic acids is 2. The second-order valence-corrected chi connectivity index (χ2v) is 5.93. The second-order valence-electron chi connectivity index (χ2n) is 4.12. The number of hydrazine groups is 1. The maximum absolute atomic E-state index is 11.5. The highest BCUT2D eigenvalue weighted by molar-refractivity contribution is 8.00. The number of thioether (sulfide) groups is 1. The zero-order chi connectivity index (χ0) is 11.5. The molecule has 3 N–H and O–H groups in total. The minimum absolute atomic E-state index is 0.175. The molecular weight excluding hydrogens is 214 g/mol. The van der Waals surface area contributed by atoms with Gasteiger partial charge in [0, 0.05) is 23.6 Å². The number of carbonyl (C=O) groups is 2. The first-order chi connectivity index (χ1) is 6.96. The van der Waals surface area contributed by atoms with Gasteiger partial charge >= 0.3 is 11.8 Å². The first-order valence-corrected chi connectivity index (χ1v) is 5.88. The number of hydrogen-bond acceptors (Lipinski definition) is 4. The maximum atomic E-state index is 11.5. The molecule has 1 aliphatic rings. The monoisotopic (exact) mass is 231 g/mol. The Morgan fingerprint density at radius 1 is 1.40 bits per heavy atom. The van der Waals surface area contributed by atoms with Gasteiger partial charge in [0.25, 0.3) is 0 Å². The molecule has 0 aromatic heterocycles.